The molecule has 2 N–H and O–H groups in total. The second kappa shape index (κ2) is 4.37. The van der Waals surface area contributed by atoms with Gasteiger partial charge in [-0.1, -0.05) is 12.1 Å². The molecule has 0 aliphatic heterocycles. The minimum Gasteiger partial charge on any atom is -0.462 e. The van der Waals surface area contributed by atoms with Gasteiger partial charge in [-0.05, 0) is 19.1 Å². The van der Waals surface area contributed by atoms with Crippen LogP contribution in [-0.2, 0) is 4.74 Å². The quantitative estimate of drug-likeness (QED) is 0.670. The maximum atomic E-state index is 12.3. The molecule has 7 nitrogen and oxygen atoms in total. The zero-order valence-electron chi connectivity index (χ0n) is 10.6. The molecule has 0 spiro atoms. The molecule has 0 saturated heterocycles. The highest BCUT2D eigenvalue weighted by Gasteiger charge is 2.21. The molecule has 0 saturated carbocycles. The number of carbonyl (C=O) groups excluding carboxylic acids is 1. The lowest BCUT2D eigenvalue weighted by atomic mass is 10.2. The average molecular weight is 273 g/mol. The molecule has 3 aromatic rings. The van der Waals surface area contributed by atoms with Gasteiger partial charge >= 0.3 is 5.97 Å². The molecule has 0 aliphatic rings. The number of benzene rings is 1. The fraction of sp³-hybridized carbons (Fsp3) is 0.154. The van der Waals surface area contributed by atoms with Crippen LogP contribution in [0.2, 0.25) is 0 Å². The summed E-state index contributed by atoms with van der Waals surface area (Å²) < 4.78 is 5.86. The van der Waals surface area contributed by atoms with E-state index < -0.39 is 17.1 Å². The highest BCUT2D eigenvalue weighted by atomic mass is 16.5. The van der Waals surface area contributed by atoms with Gasteiger partial charge in [-0.25, -0.2) is 4.79 Å². The number of hydrogen-bond acceptors (Lipinski definition) is 4. The predicted octanol–water partition coefficient (Wildman–Crippen LogP) is 0.646. The minimum atomic E-state index is -0.762. The van der Waals surface area contributed by atoms with Crippen molar-refractivity contribution in [1.29, 1.82) is 0 Å². The van der Waals surface area contributed by atoms with Crippen LogP contribution in [0, 0.1) is 0 Å². The molecule has 0 fully saturated rings. The van der Waals surface area contributed by atoms with Crippen molar-refractivity contribution in [3.05, 3.63) is 50.5 Å². The van der Waals surface area contributed by atoms with Gasteiger partial charge in [0.2, 0.25) is 0 Å². The number of hydrogen-bond donors (Lipinski definition) is 2. The molecule has 7 heteroatoms. The van der Waals surface area contributed by atoms with Crippen molar-refractivity contribution in [3.63, 3.8) is 0 Å². The molecule has 2 heterocycles. The van der Waals surface area contributed by atoms with E-state index in [1.807, 2.05) is 0 Å². The van der Waals surface area contributed by atoms with E-state index in [0.29, 0.717) is 10.9 Å². The second-order valence-electron chi connectivity index (χ2n) is 4.20. The van der Waals surface area contributed by atoms with Crippen molar-refractivity contribution in [3.8, 4) is 0 Å². The lowest BCUT2D eigenvalue weighted by Gasteiger charge is -2.01. The molecular formula is C13H11N3O4. The smallest absolute Gasteiger partial charge is 0.347 e. The van der Waals surface area contributed by atoms with E-state index in [0.717, 1.165) is 4.52 Å². The van der Waals surface area contributed by atoms with Gasteiger partial charge < -0.3 is 9.72 Å². The summed E-state index contributed by atoms with van der Waals surface area (Å²) in [6.45, 7) is 1.79. The molecule has 20 heavy (non-hydrogen) atoms. The fourth-order valence-corrected chi connectivity index (χ4v) is 2.12. The highest BCUT2D eigenvalue weighted by molar-refractivity contribution is 5.96. The second-order valence-corrected chi connectivity index (χ2v) is 4.20. The molecule has 102 valence electrons. The maximum absolute atomic E-state index is 12.3. The van der Waals surface area contributed by atoms with Crippen molar-refractivity contribution in [2.24, 2.45) is 0 Å². The van der Waals surface area contributed by atoms with Gasteiger partial charge in [0.25, 0.3) is 11.1 Å². The van der Waals surface area contributed by atoms with Gasteiger partial charge in [0.1, 0.15) is 0 Å². The Kier molecular flexibility index (Phi) is 2.67. The molecule has 0 aliphatic carbocycles. The monoisotopic (exact) mass is 273 g/mol. The average Bonchev–Trinajstić information content (AvgIpc) is 2.76. The first kappa shape index (κ1) is 12.2. The lowest BCUT2D eigenvalue weighted by Crippen LogP contribution is -2.16. The number of esters is 1. The van der Waals surface area contributed by atoms with E-state index in [9.17, 15) is 14.4 Å². The number of nitrogens with zero attached hydrogens (tertiary/aromatic N) is 1. The molecule has 0 atom stereocenters. The minimum absolute atomic E-state index is 0.108. The van der Waals surface area contributed by atoms with Gasteiger partial charge in [0.15, 0.2) is 11.2 Å². The number of H-pyrrole nitrogens is 2. The van der Waals surface area contributed by atoms with Crippen molar-refractivity contribution in [1.82, 2.24) is 14.6 Å². The van der Waals surface area contributed by atoms with Crippen molar-refractivity contribution >= 4 is 22.5 Å². The van der Waals surface area contributed by atoms with Crippen LogP contribution in [0.25, 0.3) is 16.6 Å². The van der Waals surface area contributed by atoms with Crippen LogP contribution in [0.15, 0.2) is 33.9 Å². The summed E-state index contributed by atoms with van der Waals surface area (Å²) in [4.78, 5) is 38.8. The summed E-state index contributed by atoms with van der Waals surface area (Å²) in [6.07, 6.45) is 0. The lowest BCUT2D eigenvalue weighted by molar-refractivity contribution is 0.0527. The first-order chi connectivity index (χ1) is 9.63. The molecule has 0 amide bonds. The van der Waals surface area contributed by atoms with Gasteiger partial charge in [-0.15, -0.1) is 0 Å². The topological polar surface area (TPSA) is 96.4 Å². The predicted molar refractivity (Wildman–Crippen MR) is 72.1 cm³/mol. The zero-order valence-corrected chi connectivity index (χ0v) is 10.6. The third-order valence-electron chi connectivity index (χ3n) is 2.99. The Balaban J connectivity index is 2.44. The number of fused-ring (bicyclic) bond motifs is 2. The number of para-hydroxylation sites is 1. The Hall–Kier alpha value is -2.83. The SMILES string of the molecule is CCOC(=O)c1c(=O)[nH]n2c(=O)c3ccccc3[nH]c12. The number of nitrogens with one attached hydrogen (secondary N) is 2. The number of rotatable bonds is 2. The summed E-state index contributed by atoms with van der Waals surface area (Å²) in [6, 6.07) is 6.81. The Labute approximate surface area is 111 Å². The molecule has 0 bridgehead atoms. The Morgan fingerprint density at radius 3 is 2.80 bits per heavy atom. The fourth-order valence-electron chi connectivity index (χ4n) is 2.12. The van der Waals surface area contributed by atoms with E-state index in [4.69, 9.17) is 4.74 Å². The molecule has 2 aromatic heterocycles. The van der Waals surface area contributed by atoms with Crippen LogP contribution >= 0.6 is 0 Å². The van der Waals surface area contributed by atoms with Gasteiger partial charge in [0, 0.05) is 0 Å². The van der Waals surface area contributed by atoms with Gasteiger partial charge in [-0.3, -0.25) is 14.7 Å². The third-order valence-corrected chi connectivity index (χ3v) is 2.99. The van der Waals surface area contributed by atoms with Crippen molar-refractivity contribution in [2.75, 3.05) is 6.61 Å². The standard InChI is InChI=1S/C13H11N3O4/c1-2-20-13(19)9-10-14-8-6-4-3-5-7(8)12(18)16(10)15-11(9)17/h3-6,14H,2H2,1H3,(H,15,17). The summed E-state index contributed by atoms with van der Waals surface area (Å²) in [5.41, 5.74) is -0.608. The molecule has 0 unspecified atom stereocenters. The summed E-state index contributed by atoms with van der Waals surface area (Å²) in [5, 5.41) is 2.76. The largest absolute Gasteiger partial charge is 0.462 e. The van der Waals surface area contributed by atoms with Crippen LogP contribution in [0.5, 0.6) is 0 Å². The number of ether oxygens (including phenoxy) is 1. The summed E-state index contributed by atoms with van der Waals surface area (Å²) >= 11 is 0. The summed E-state index contributed by atoms with van der Waals surface area (Å²) in [5.74, 6) is -0.762. The highest BCUT2D eigenvalue weighted by Crippen LogP contribution is 2.10. The zero-order chi connectivity index (χ0) is 14.3. The van der Waals surface area contributed by atoms with Gasteiger partial charge in [0.05, 0.1) is 17.5 Å². The van der Waals surface area contributed by atoms with E-state index >= 15 is 0 Å². The Morgan fingerprint density at radius 1 is 1.30 bits per heavy atom. The van der Waals surface area contributed by atoms with E-state index in [1.54, 1.807) is 31.2 Å². The van der Waals surface area contributed by atoms with Crippen LogP contribution < -0.4 is 11.1 Å². The van der Waals surface area contributed by atoms with Crippen LogP contribution in [0.1, 0.15) is 17.3 Å². The third kappa shape index (κ3) is 1.63. The van der Waals surface area contributed by atoms with E-state index in [-0.39, 0.29) is 17.8 Å². The first-order valence-electron chi connectivity index (χ1n) is 6.06. The first-order valence-corrected chi connectivity index (χ1v) is 6.06. The van der Waals surface area contributed by atoms with Crippen molar-refractivity contribution < 1.29 is 9.53 Å². The molecule has 3 rings (SSSR count). The normalized spacial score (nSPS) is 11.1. The van der Waals surface area contributed by atoms with Gasteiger partial charge in [-0.2, -0.15) is 4.52 Å². The van der Waals surface area contributed by atoms with Crippen LogP contribution in [0.4, 0.5) is 0 Å². The maximum Gasteiger partial charge on any atom is 0.347 e. The van der Waals surface area contributed by atoms with Crippen molar-refractivity contribution in [2.45, 2.75) is 6.92 Å². The molecule has 1 aromatic carbocycles. The number of carbonyl (C=O) groups is 1. The molecule has 0 radical (unpaired) electrons. The van der Waals surface area contributed by atoms with E-state index in [1.165, 1.54) is 0 Å². The van der Waals surface area contributed by atoms with E-state index in [2.05, 4.69) is 10.1 Å². The Morgan fingerprint density at radius 2 is 2.05 bits per heavy atom. The number of aromatic amines is 2. The summed E-state index contributed by atoms with van der Waals surface area (Å²) in [7, 11) is 0. The Bertz CT molecular complexity index is 932. The van der Waals surface area contributed by atoms with Crippen LogP contribution in [0.3, 0.4) is 0 Å². The number of aromatic nitrogens is 3. The van der Waals surface area contributed by atoms with Crippen LogP contribution in [-0.4, -0.2) is 27.2 Å². The molecular weight excluding hydrogens is 262 g/mol.